The number of aromatic nitrogens is 2. The topological polar surface area (TPSA) is 69.4 Å². The van der Waals surface area contributed by atoms with E-state index >= 15 is 0 Å². The third kappa shape index (κ3) is 2.78. The largest absolute Gasteiger partial charge is 0.384 e. The van der Waals surface area contributed by atoms with Crippen LogP contribution in [0.15, 0.2) is 4.52 Å². The van der Waals surface area contributed by atoms with E-state index in [1.807, 2.05) is 0 Å². The van der Waals surface area contributed by atoms with Gasteiger partial charge in [-0.25, -0.2) is 0 Å². The van der Waals surface area contributed by atoms with E-state index in [2.05, 4.69) is 22.4 Å². The molecular formula is C10H17N3O3. The van der Waals surface area contributed by atoms with Crippen molar-refractivity contribution in [2.24, 2.45) is 0 Å². The van der Waals surface area contributed by atoms with Crippen molar-refractivity contribution in [1.82, 2.24) is 15.5 Å². The van der Waals surface area contributed by atoms with Crippen molar-refractivity contribution in [2.45, 2.75) is 25.6 Å². The second-order valence-electron chi connectivity index (χ2n) is 4.19. The van der Waals surface area contributed by atoms with Crippen LogP contribution in [0.4, 0.5) is 0 Å². The third-order valence-electron chi connectivity index (χ3n) is 2.58. The predicted octanol–water partition coefficient (Wildman–Crippen LogP) is 0.137. The average molecular weight is 227 g/mol. The summed E-state index contributed by atoms with van der Waals surface area (Å²) < 4.78 is 15.7. The molecule has 0 saturated carbocycles. The van der Waals surface area contributed by atoms with Crippen LogP contribution < -0.4 is 5.32 Å². The van der Waals surface area contributed by atoms with Crippen LogP contribution in [0.2, 0.25) is 0 Å². The van der Waals surface area contributed by atoms with Gasteiger partial charge >= 0.3 is 0 Å². The first-order chi connectivity index (χ1) is 7.72. The van der Waals surface area contributed by atoms with Crippen LogP contribution in [0.5, 0.6) is 0 Å². The number of ether oxygens (including phenoxy) is 2. The molecule has 0 radical (unpaired) electrons. The van der Waals surface area contributed by atoms with Crippen LogP contribution in [0.1, 0.15) is 18.6 Å². The normalized spacial score (nSPS) is 18.4. The van der Waals surface area contributed by atoms with Crippen LogP contribution >= 0.6 is 0 Å². The van der Waals surface area contributed by atoms with E-state index in [9.17, 15) is 0 Å². The zero-order valence-electron chi connectivity index (χ0n) is 9.65. The van der Waals surface area contributed by atoms with Gasteiger partial charge in [0.15, 0.2) is 5.82 Å². The molecule has 1 N–H and O–H groups in total. The lowest BCUT2D eigenvalue weighted by Crippen LogP contribution is -2.58. The molecule has 0 bridgehead atoms. The molecular weight excluding hydrogens is 210 g/mol. The summed E-state index contributed by atoms with van der Waals surface area (Å²) in [4.78, 5) is 4.21. The Balaban J connectivity index is 1.78. The van der Waals surface area contributed by atoms with E-state index in [1.165, 1.54) is 0 Å². The van der Waals surface area contributed by atoms with Crippen LogP contribution in [-0.2, 0) is 22.5 Å². The van der Waals surface area contributed by atoms with Crippen molar-refractivity contribution in [1.29, 1.82) is 0 Å². The summed E-state index contributed by atoms with van der Waals surface area (Å²) in [6, 6.07) is 0. The summed E-state index contributed by atoms with van der Waals surface area (Å²) in [7, 11) is 1.65. The van der Waals surface area contributed by atoms with Crippen molar-refractivity contribution < 1.29 is 14.0 Å². The number of rotatable bonds is 6. The predicted molar refractivity (Wildman–Crippen MR) is 55.9 cm³/mol. The molecule has 1 saturated heterocycles. The molecule has 0 aromatic carbocycles. The molecule has 0 aliphatic carbocycles. The van der Waals surface area contributed by atoms with Crippen molar-refractivity contribution in [2.75, 3.05) is 26.8 Å². The molecule has 0 unspecified atom stereocenters. The fraction of sp³-hybridized carbons (Fsp3) is 0.800. The molecule has 2 rings (SSSR count). The maximum Gasteiger partial charge on any atom is 0.252 e. The fourth-order valence-corrected chi connectivity index (χ4v) is 1.46. The Labute approximate surface area is 94.3 Å². The Morgan fingerprint density at radius 2 is 2.31 bits per heavy atom. The molecule has 1 aromatic heterocycles. The molecule has 90 valence electrons. The molecule has 0 spiro atoms. The SMILES string of the molecule is COCCc1noc(COC2(C)CNC2)n1. The molecule has 6 heteroatoms. The van der Waals surface area contributed by atoms with Crippen molar-refractivity contribution >= 4 is 0 Å². The second-order valence-corrected chi connectivity index (χ2v) is 4.19. The molecule has 16 heavy (non-hydrogen) atoms. The van der Waals surface area contributed by atoms with Crippen LogP contribution in [0, 0.1) is 0 Å². The van der Waals surface area contributed by atoms with Gasteiger partial charge in [0.25, 0.3) is 5.89 Å². The minimum atomic E-state index is -0.0822. The zero-order valence-corrected chi connectivity index (χ0v) is 9.65. The van der Waals surface area contributed by atoms with E-state index in [-0.39, 0.29) is 5.60 Å². The molecule has 6 nitrogen and oxygen atoms in total. The molecule has 1 fully saturated rings. The summed E-state index contributed by atoms with van der Waals surface area (Å²) in [5.74, 6) is 1.19. The number of methoxy groups -OCH3 is 1. The maximum atomic E-state index is 5.68. The van der Waals surface area contributed by atoms with Gasteiger partial charge in [0.05, 0.1) is 12.2 Å². The van der Waals surface area contributed by atoms with Crippen LogP contribution in [0.3, 0.4) is 0 Å². The summed E-state index contributed by atoms with van der Waals surface area (Å²) in [6.07, 6.45) is 0.665. The van der Waals surface area contributed by atoms with Gasteiger partial charge in [0.1, 0.15) is 6.61 Å². The average Bonchev–Trinajstić information content (AvgIpc) is 2.69. The highest BCUT2D eigenvalue weighted by Crippen LogP contribution is 2.17. The molecule has 0 atom stereocenters. The smallest absolute Gasteiger partial charge is 0.252 e. The number of nitrogens with one attached hydrogen (secondary N) is 1. The molecule has 0 amide bonds. The fourth-order valence-electron chi connectivity index (χ4n) is 1.46. The highest BCUT2D eigenvalue weighted by Gasteiger charge is 2.32. The molecule has 2 heterocycles. The summed E-state index contributed by atoms with van der Waals surface area (Å²) in [5, 5.41) is 7.00. The summed E-state index contributed by atoms with van der Waals surface area (Å²) in [5.41, 5.74) is -0.0822. The lowest BCUT2D eigenvalue weighted by Gasteiger charge is -2.38. The van der Waals surface area contributed by atoms with Gasteiger partial charge < -0.3 is 19.3 Å². The van der Waals surface area contributed by atoms with Crippen LogP contribution in [0.25, 0.3) is 0 Å². The van der Waals surface area contributed by atoms with E-state index in [0.29, 0.717) is 31.3 Å². The van der Waals surface area contributed by atoms with E-state index in [1.54, 1.807) is 7.11 Å². The van der Waals surface area contributed by atoms with E-state index < -0.39 is 0 Å². The van der Waals surface area contributed by atoms with Crippen molar-refractivity contribution in [3.05, 3.63) is 11.7 Å². The lowest BCUT2D eigenvalue weighted by atomic mass is 10.0. The first-order valence-electron chi connectivity index (χ1n) is 5.37. The Kier molecular flexibility index (Phi) is 3.52. The van der Waals surface area contributed by atoms with Gasteiger partial charge in [-0.05, 0) is 6.92 Å². The van der Waals surface area contributed by atoms with Crippen molar-refractivity contribution in [3.63, 3.8) is 0 Å². The Morgan fingerprint density at radius 1 is 1.50 bits per heavy atom. The van der Waals surface area contributed by atoms with E-state index in [4.69, 9.17) is 14.0 Å². The molecule has 1 aromatic rings. The number of hydrogen-bond acceptors (Lipinski definition) is 6. The minimum absolute atomic E-state index is 0.0822. The first-order valence-corrected chi connectivity index (χ1v) is 5.37. The maximum absolute atomic E-state index is 5.68. The van der Waals surface area contributed by atoms with Crippen molar-refractivity contribution in [3.8, 4) is 0 Å². The molecule has 1 aliphatic rings. The minimum Gasteiger partial charge on any atom is -0.384 e. The van der Waals surface area contributed by atoms with Gasteiger partial charge in [-0.3, -0.25) is 0 Å². The monoisotopic (exact) mass is 227 g/mol. The van der Waals surface area contributed by atoms with Crippen LogP contribution in [-0.4, -0.2) is 42.5 Å². The van der Waals surface area contributed by atoms with Gasteiger partial charge in [0, 0.05) is 26.6 Å². The standard InChI is InChI=1S/C10H17N3O3/c1-10(6-11-7-10)15-5-9-12-8(13-16-9)3-4-14-2/h11H,3-7H2,1-2H3. The summed E-state index contributed by atoms with van der Waals surface area (Å²) in [6.45, 7) is 4.78. The highest BCUT2D eigenvalue weighted by atomic mass is 16.5. The zero-order chi connectivity index (χ0) is 11.4. The van der Waals surface area contributed by atoms with Gasteiger partial charge in [0.2, 0.25) is 0 Å². The quantitative estimate of drug-likeness (QED) is 0.745. The highest BCUT2D eigenvalue weighted by molar-refractivity contribution is 4.91. The van der Waals surface area contributed by atoms with Gasteiger partial charge in [-0.2, -0.15) is 4.98 Å². The first kappa shape index (κ1) is 11.5. The number of nitrogens with zero attached hydrogens (tertiary/aromatic N) is 2. The lowest BCUT2D eigenvalue weighted by molar-refractivity contribution is -0.0841. The molecule has 1 aliphatic heterocycles. The van der Waals surface area contributed by atoms with Gasteiger partial charge in [-0.1, -0.05) is 5.16 Å². The Bertz CT molecular complexity index is 336. The second kappa shape index (κ2) is 4.90. The van der Waals surface area contributed by atoms with E-state index in [0.717, 1.165) is 13.1 Å². The number of hydrogen-bond donors (Lipinski definition) is 1. The summed E-state index contributed by atoms with van der Waals surface area (Å²) >= 11 is 0. The third-order valence-corrected chi connectivity index (χ3v) is 2.58. The van der Waals surface area contributed by atoms with Gasteiger partial charge in [-0.15, -0.1) is 0 Å². The Hall–Kier alpha value is -0.980. The Morgan fingerprint density at radius 3 is 2.94 bits per heavy atom.